The number of nitrogen functional groups attached to an aromatic ring is 1. The van der Waals surface area contributed by atoms with Crippen LogP contribution in [0.25, 0.3) is 0 Å². The van der Waals surface area contributed by atoms with E-state index in [1.54, 1.807) is 0 Å². The van der Waals surface area contributed by atoms with Gasteiger partial charge in [0.1, 0.15) is 35.5 Å². The molecule has 2 amide bonds. The Morgan fingerprint density at radius 2 is 2.08 bits per heavy atom. The average Bonchev–Trinajstić information content (AvgIpc) is 3.23. The van der Waals surface area contributed by atoms with Crippen LogP contribution in [-0.4, -0.2) is 80.9 Å². The fourth-order valence-corrected chi connectivity index (χ4v) is 5.08. The number of carboxylic acid groups (broad SMARTS) is 1. The number of oxime groups is 1. The van der Waals surface area contributed by atoms with Gasteiger partial charge in [-0.2, -0.15) is 0 Å². The van der Waals surface area contributed by atoms with Crippen LogP contribution < -0.4 is 16.8 Å². The predicted molar refractivity (Wildman–Crippen MR) is 138 cm³/mol. The highest BCUT2D eigenvalue weighted by atomic mass is 35.5. The van der Waals surface area contributed by atoms with Gasteiger partial charge in [0.15, 0.2) is 10.8 Å². The Balaban J connectivity index is 0.00000324. The molecule has 1 aromatic heterocycles. The molecule has 0 aromatic carbocycles. The van der Waals surface area contributed by atoms with Gasteiger partial charge in [-0.05, 0) is 6.42 Å². The van der Waals surface area contributed by atoms with E-state index in [9.17, 15) is 24.3 Å². The molecule has 3 heterocycles. The third kappa shape index (κ3) is 6.79. The molecule has 0 aliphatic carbocycles. The summed E-state index contributed by atoms with van der Waals surface area (Å²) in [6, 6.07) is -1.00. The van der Waals surface area contributed by atoms with Gasteiger partial charge in [-0.15, -0.1) is 47.9 Å². The zero-order valence-electron chi connectivity index (χ0n) is 19.2. The summed E-state index contributed by atoms with van der Waals surface area (Å²) in [5.74, 6) is -3.04. The van der Waals surface area contributed by atoms with Crippen LogP contribution in [0.1, 0.15) is 26.0 Å². The molecule has 1 aromatic rings. The molecule has 0 radical (unpaired) electrons. The Morgan fingerprint density at radius 3 is 2.61 bits per heavy atom. The minimum atomic E-state index is -1.33. The Labute approximate surface area is 226 Å². The van der Waals surface area contributed by atoms with Crippen LogP contribution in [0.5, 0.6) is 0 Å². The first-order valence-corrected chi connectivity index (χ1v) is 12.1. The first-order chi connectivity index (χ1) is 16.2. The number of β-lactam (4-membered cyclic amide) rings is 1. The van der Waals surface area contributed by atoms with E-state index in [0.717, 1.165) is 16.2 Å². The number of hydrogen-bond acceptors (Lipinski definition) is 12. The summed E-state index contributed by atoms with van der Waals surface area (Å²) in [5.41, 5.74) is 11.3. The topological polar surface area (TPSA) is 200 Å². The first-order valence-electron chi connectivity index (χ1n) is 10.2. The van der Waals surface area contributed by atoms with Crippen LogP contribution in [0.3, 0.4) is 0 Å². The highest BCUT2D eigenvalue weighted by molar-refractivity contribution is 8.00. The maximum atomic E-state index is 13.0. The first kappa shape index (κ1) is 31.4. The molecule has 0 spiro atoms. The minimum Gasteiger partial charge on any atom is -0.477 e. The van der Waals surface area contributed by atoms with Gasteiger partial charge in [0, 0.05) is 30.2 Å². The van der Waals surface area contributed by atoms with Gasteiger partial charge in [0.2, 0.25) is 0 Å². The van der Waals surface area contributed by atoms with Crippen molar-refractivity contribution in [2.24, 2.45) is 10.9 Å². The van der Waals surface area contributed by atoms with Gasteiger partial charge in [-0.25, -0.2) is 9.78 Å². The molecule has 0 saturated carbocycles. The zero-order valence-corrected chi connectivity index (χ0v) is 22.4. The van der Waals surface area contributed by atoms with E-state index < -0.39 is 41.3 Å². The van der Waals surface area contributed by atoms with Gasteiger partial charge >= 0.3 is 11.9 Å². The number of nitrogens with two attached hydrogens (primary N) is 2. The number of hydrogen-bond donors (Lipinski definition) is 4. The van der Waals surface area contributed by atoms with Crippen molar-refractivity contribution in [3.63, 3.8) is 0 Å². The van der Waals surface area contributed by atoms with E-state index in [1.807, 2.05) is 6.92 Å². The summed E-state index contributed by atoms with van der Waals surface area (Å²) in [4.78, 5) is 59.3. The molecule has 2 aliphatic heterocycles. The van der Waals surface area contributed by atoms with Gasteiger partial charge in [0.25, 0.3) is 11.8 Å². The number of aliphatic carboxylic acids is 1. The number of carbonyl (C=O) groups excluding carboxylic acids is 3. The standard InChI is InChI=1S/C19H24N6O7S2.2ClH/c1-3-10(4-20)32-24-12(11-7-34-19(21)22-11)15(27)23-13-16(28)25-14(18(29)30)9(5-31-8(2)26)6-33-17(13)25;;/h7,10,13,17H,3-6,20H2,1-2H3,(H2,21,22)(H,23,27)(H,29,30);2*1H/t10?,13-,17-;;/m1../s1. The van der Waals surface area contributed by atoms with Gasteiger partial charge in [-0.1, -0.05) is 12.1 Å². The van der Waals surface area contributed by atoms with Gasteiger partial charge in [-0.3, -0.25) is 19.3 Å². The lowest BCUT2D eigenvalue weighted by Crippen LogP contribution is -2.71. The number of carbonyl (C=O) groups is 4. The maximum Gasteiger partial charge on any atom is 0.352 e. The molecular weight excluding hydrogens is 559 g/mol. The van der Waals surface area contributed by atoms with E-state index in [2.05, 4.69) is 15.5 Å². The normalized spacial score (nSPS) is 19.7. The molecule has 3 rings (SSSR count). The Hall–Kier alpha value is -2.59. The Kier molecular flexibility index (Phi) is 11.9. The second kappa shape index (κ2) is 13.6. The van der Waals surface area contributed by atoms with Crippen LogP contribution >= 0.6 is 47.9 Å². The summed E-state index contributed by atoms with van der Waals surface area (Å²) >= 11 is 2.34. The van der Waals surface area contributed by atoms with Crippen LogP contribution in [0, 0.1) is 0 Å². The number of anilines is 1. The fourth-order valence-electron chi connectivity index (χ4n) is 3.21. The second-order valence-electron chi connectivity index (χ2n) is 7.28. The lowest BCUT2D eigenvalue weighted by molar-refractivity contribution is -0.150. The maximum absolute atomic E-state index is 13.0. The number of halogens is 2. The van der Waals surface area contributed by atoms with Gasteiger partial charge in [0.05, 0.1) is 0 Å². The zero-order chi connectivity index (χ0) is 25.0. The molecule has 6 N–H and O–H groups in total. The molecule has 1 saturated heterocycles. The van der Waals surface area contributed by atoms with Crippen molar-refractivity contribution in [1.82, 2.24) is 15.2 Å². The van der Waals surface area contributed by atoms with Crippen molar-refractivity contribution in [3.8, 4) is 0 Å². The summed E-state index contributed by atoms with van der Waals surface area (Å²) < 4.78 is 4.91. The Morgan fingerprint density at radius 1 is 1.39 bits per heavy atom. The predicted octanol–water partition coefficient (Wildman–Crippen LogP) is 0.329. The van der Waals surface area contributed by atoms with Crippen molar-refractivity contribution in [2.75, 3.05) is 24.6 Å². The molecule has 2 aliphatic rings. The number of nitrogens with zero attached hydrogens (tertiary/aromatic N) is 3. The van der Waals surface area contributed by atoms with E-state index in [-0.39, 0.29) is 66.0 Å². The molecule has 17 heteroatoms. The molecule has 36 heavy (non-hydrogen) atoms. The lowest BCUT2D eigenvalue weighted by atomic mass is 10.0. The summed E-state index contributed by atoms with van der Waals surface area (Å²) in [7, 11) is 0. The van der Waals surface area contributed by atoms with E-state index in [4.69, 9.17) is 21.0 Å². The number of nitrogens with one attached hydrogen (secondary N) is 1. The van der Waals surface area contributed by atoms with Crippen molar-refractivity contribution < 1.29 is 33.9 Å². The van der Waals surface area contributed by atoms with Crippen molar-refractivity contribution >= 4 is 82.5 Å². The smallest absolute Gasteiger partial charge is 0.352 e. The number of thioether (sulfide) groups is 1. The number of carboxylic acids is 1. The largest absolute Gasteiger partial charge is 0.477 e. The molecule has 3 atom stereocenters. The number of esters is 1. The van der Waals surface area contributed by atoms with Crippen LogP contribution in [0.4, 0.5) is 5.13 Å². The quantitative estimate of drug-likeness (QED) is 0.128. The molecule has 0 bridgehead atoms. The van der Waals surface area contributed by atoms with Crippen LogP contribution in [-0.2, 0) is 28.8 Å². The Bertz CT molecular complexity index is 1060. The molecule has 1 unspecified atom stereocenters. The molecule has 1 fully saturated rings. The van der Waals surface area contributed by atoms with Gasteiger partial charge < -0.3 is 31.5 Å². The third-order valence-electron chi connectivity index (χ3n) is 4.98. The lowest BCUT2D eigenvalue weighted by Gasteiger charge is -2.49. The SMILES string of the molecule is CCC(CN)ON=C(C(=O)N[C@@H]1C(=O)N2C(C(=O)O)=C(COC(C)=O)CS[C@H]12)c1csc(N)n1.Cl.Cl. The fraction of sp³-hybridized carbons (Fsp3) is 0.474. The van der Waals surface area contributed by atoms with Crippen LogP contribution in [0.15, 0.2) is 21.8 Å². The molecular formula is C19H26Cl2N6O7S2. The summed E-state index contributed by atoms with van der Waals surface area (Å²) in [5, 5.41) is 17.2. The van der Waals surface area contributed by atoms with E-state index in [1.165, 1.54) is 24.1 Å². The number of thiazole rings is 1. The van der Waals surface area contributed by atoms with E-state index in [0.29, 0.717) is 12.0 Å². The third-order valence-corrected chi connectivity index (χ3v) is 6.99. The van der Waals surface area contributed by atoms with Crippen molar-refractivity contribution in [2.45, 2.75) is 37.8 Å². The van der Waals surface area contributed by atoms with E-state index >= 15 is 0 Å². The number of rotatable bonds is 10. The number of fused-ring (bicyclic) bond motifs is 1. The van der Waals surface area contributed by atoms with Crippen LogP contribution in [0.2, 0.25) is 0 Å². The summed E-state index contributed by atoms with van der Waals surface area (Å²) in [6.45, 7) is 2.99. The average molecular weight is 585 g/mol. The molecule has 13 nitrogen and oxygen atoms in total. The highest BCUT2D eigenvalue weighted by Crippen LogP contribution is 2.40. The molecule has 200 valence electrons. The highest BCUT2D eigenvalue weighted by Gasteiger charge is 2.54. The van der Waals surface area contributed by atoms with Crippen molar-refractivity contribution in [3.05, 3.63) is 22.3 Å². The summed E-state index contributed by atoms with van der Waals surface area (Å²) in [6.07, 6.45) is 0.135. The number of ether oxygens (including phenoxy) is 1. The van der Waals surface area contributed by atoms with Crippen molar-refractivity contribution in [1.29, 1.82) is 0 Å². The monoisotopic (exact) mass is 584 g/mol. The second-order valence-corrected chi connectivity index (χ2v) is 9.28. The number of amides is 2. The number of aromatic nitrogens is 1. The minimum absolute atomic E-state index is 0.